The Morgan fingerprint density at radius 2 is 1.52 bits per heavy atom. The largest absolute Gasteiger partial charge is 0.338 e. The van der Waals surface area contributed by atoms with Gasteiger partial charge in [0.1, 0.15) is 0 Å². The van der Waals surface area contributed by atoms with E-state index < -0.39 is 0 Å². The van der Waals surface area contributed by atoms with E-state index in [1.807, 2.05) is 42.5 Å². The molecule has 4 nitrogen and oxygen atoms in total. The highest BCUT2D eigenvalue weighted by Crippen LogP contribution is 2.12. The predicted molar refractivity (Wildman–Crippen MR) is 96.4 cm³/mol. The molecule has 0 saturated carbocycles. The van der Waals surface area contributed by atoms with Crippen molar-refractivity contribution in [1.29, 1.82) is 0 Å². The molecular weight excluding hydrogens is 306 g/mol. The molecular formula is C18H23N3OS. The lowest BCUT2D eigenvalue weighted by atomic mass is 10.1. The van der Waals surface area contributed by atoms with E-state index in [1.54, 1.807) is 0 Å². The summed E-state index contributed by atoms with van der Waals surface area (Å²) >= 11 is 1.24. The molecule has 122 valence electrons. The zero-order valence-electron chi connectivity index (χ0n) is 13.1. The van der Waals surface area contributed by atoms with E-state index in [0.717, 1.165) is 24.2 Å². The summed E-state index contributed by atoms with van der Waals surface area (Å²) in [6, 6.07) is 18.2. The highest BCUT2D eigenvalue weighted by Gasteiger charge is 2.00. The van der Waals surface area contributed by atoms with Crippen LogP contribution in [0, 0.1) is 0 Å². The molecule has 0 saturated heterocycles. The fourth-order valence-electron chi connectivity index (χ4n) is 2.26. The van der Waals surface area contributed by atoms with Crippen LogP contribution in [0.25, 0.3) is 0 Å². The molecule has 0 fully saturated rings. The number of amides is 2. The standard InChI is InChI=1S/C18H23N3OS/c19-23-17-10-8-16(9-11-17)12-14-21-18(22)20-13-4-7-15-5-2-1-3-6-15/h1-3,5-6,8-11H,4,7,12-14,19H2,(H2,20,21,22). The molecule has 0 aliphatic carbocycles. The van der Waals surface area contributed by atoms with Crippen LogP contribution in [0.4, 0.5) is 4.79 Å². The lowest BCUT2D eigenvalue weighted by Crippen LogP contribution is -2.37. The average molecular weight is 329 g/mol. The van der Waals surface area contributed by atoms with E-state index in [2.05, 4.69) is 22.8 Å². The second kappa shape index (κ2) is 9.92. The van der Waals surface area contributed by atoms with Crippen LogP contribution in [0.2, 0.25) is 0 Å². The molecule has 0 radical (unpaired) electrons. The number of carbonyl (C=O) groups is 1. The highest BCUT2D eigenvalue weighted by molar-refractivity contribution is 7.97. The van der Waals surface area contributed by atoms with Crippen molar-refractivity contribution >= 4 is 18.0 Å². The molecule has 0 bridgehead atoms. The number of rotatable bonds is 8. The maximum absolute atomic E-state index is 11.7. The Hall–Kier alpha value is -1.98. The monoisotopic (exact) mass is 329 g/mol. The fraction of sp³-hybridized carbons (Fsp3) is 0.278. The quantitative estimate of drug-likeness (QED) is 0.515. The van der Waals surface area contributed by atoms with Crippen LogP contribution in [0.3, 0.4) is 0 Å². The molecule has 0 spiro atoms. The van der Waals surface area contributed by atoms with Crippen molar-refractivity contribution in [3.05, 3.63) is 65.7 Å². The van der Waals surface area contributed by atoms with Crippen molar-refractivity contribution in [2.45, 2.75) is 24.2 Å². The normalized spacial score (nSPS) is 10.3. The van der Waals surface area contributed by atoms with Crippen LogP contribution in [0.15, 0.2) is 59.5 Å². The summed E-state index contributed by atoms with van der Waals surface area (Å²) in [4.78, 5) is 12.7. The number of nitrogens with two attached hydrogens (primary N) is 1. The van der Waals surface area contributed by atoms with Crippen LogP contribution in [-0.2, 0) is 12.8 Å². The van der Waals surface area contributed by atoms with E-state index in [-0.39, 0.29) is 6.03 Å². The van der Waals surface area contributed by atoms with Gasteiger partial charge in [0.25, 0.3) is 0 Å². The first-order valence-electron chi connectivity index (χ1n) is 7.79. The summed E-state index contributed by atoms with van der Waals surface area (Å²) in [5.74, 6) is 0. The molecule has 2 aromatic rings. The minimum absolute atomic E-state index is 0.104. The molecule has 2 rings (SSSR count). The maximum atomic E-state index is 11.7. The van der Waals surface area contributed by atoms with E-state index in [4.69, 9.17) is 5.14 Å². The molecule has 0 unspecified atom stereocenters. The maximum Gasteiger partial charge on any atom is 0.314 e. The van der Waals surface area contributed by atoms with Gasteiger partial charge >= 0.3 is 6.03 Å². The summed E-state index contributed by atoms with van der Waals surface area (Å²) in [6.45, 7) is 1.31. The van der Waals surface area contributed by atoms with Crippen molar-refractivity contribution < 1.29 is 4.79 Å². The average Bonchev–Trinajstić information content (AvgIpc) is 2.60. The Kier molecular flexibility index (Phi) is 7.49. The molecule has 23 heavy (non-hydrogen) atoms. The topological polar surface area (TPSA) is 67.1 Å². The number of hydrogen-bond donors (Lipinski definition) is 3. The van der Waals surface area contributed by atoms with E-state index in [1.165, 1.54) is 23.1 Å². The summed E-state index contributed by atoms with van der Waals surface area (Å²) < 4.78 is 0. The lowest BCUT2D eigenvalue weighted by Gasteiger charge is -2.08. The lowest BCUT2D eigenvalue weighted by molar-refractivity contribution is 0.241. The fourth-order valence-corrected chi connectivity index (χ4v) is 2.55. The number of nitrogens with one attached hydrogen (secondary N) is 2. The molecule has 4 N–H and O–H groups in total. The van der Waals surface area contributed by atoms with Crippen LogP contribution < -0.4 is 15.8 Å². The number of urea groups is 1. The predicted octanol–water partition coefficient (Wildman–Crippen LogP) is 3.13. The number of aryl methyl sites for hydroxylation is 1. The zero-order chi connectivity index (χ0) is 16.3. The second-order valence-corrected chi connectivity index (χ2v) is 5.99. The smallest absolute Gasteiger partial charge is 0.314 e. The Morgan fingerprint density at radius 1 is 0.870 bits per heavy atom. The molecule has 5 heteroatoms. The van der Waals surface area contributed by atoms with E-state index >= 15 is 0 Å². The number of hydrogen-bond acceptors (Lipinski definition) is 3. The van der Waals surface area contributed by atoms with Gasteiger partial charge in [-0.15, -0.1) is 0 Å². The third-order valence-electron chi connectivity index (χ3n) is 3.53. The number of benzene rings is 2. The Bertz CT molecular complexity index is 587. The van der Waals surface area contributed by atoms with Gasteiger partial charge in [0.05, 0.1) is 0 Å². The van der Waals surface area contributed by atoms with Gasteiger partial charge in [-0.1, -0.05) is 42.5 Å². The summed E-state index contributed by atoms with van der Waals surface area (Å²) in [5, 5.41) is 11.3. The van der Waals surface area contributed by atoms with Gasteiger partial charge in [-0.05, 0) is 54.5 Å². The summed E-state index contributed by atoms with van der Waals surface area (Å²) in [5.41, 5.74) is 2.49. The third-order valence-corrected chi connectivity index (χ3v) is 4.07. The molecule has 0 aromatic heterocycles. The minimum atomic E-state index is -0.104. The van der Waals surface area contributed by atoms with E-state index in [9.17, 15) is 4.79 Å². The van der Waals surface area contributed by atoms with Gasteiger partial charge < -0.3 is 10.6 Å². The molecule has 0 aliphatic rings. The molecule has 2 amide bonds. The molecule has 2 aromatic carbocycles. The Balaban J connectivity index is 1.56. The first kappa shape index (κ1) is 17.4. The van der Waals surface area contributed by atoms with Crippen molar-refractivity contribution in [2.75, 3.05) is 13.1 Å². The van der Waals surface area contributed by atoms with Crippen LogP contribution in [-0.4, -0.2) is 19.1 Å². The van der Waals surface area contributed by atoms with Crippen molar-refractivity contribution in [3.63, 3.8) is 0 Å². The molecule has 0 aliphatic heterocycles. The van der Waals surface area contributed by atoms with Gasteiger partial charge in [0.15, 0.2) is 0 Å². The van der Waals surface area contributed by atoms with Gasteiger partial charge in [0, 0.05) is 18.0 Å². The summed E-state index contributed by atoms with van der Waals surface area (Å²) in [6.07, 6.45) is 2.73. The third kappa shape index (κ3) is 6.76. The molecule has 0 atom stereocenters. The van der Waals surface area contributed by atoms with Crippen molar-refractivity contribution in [2.24, 2.45) is 5.14 Å². The van der Waals surface area contributed by atoms with Gasteiger partial charge in [-0.2, -0.15) is 0 Å². The van der Waals surface area contributed by atoms with Gasteiger partial charge in [-0.25, -0.2) is 4.79 Å². The molecule has 0 heterocycles. The van der Waals surface area contributed by atoms with Crippen LogP contribution >= 0.6 is 11.9 Å². The van der Waals surface area contributed by atoms with Crippen LogP contribution in [0.1, 0.15) is 17.5 Å². The SMILES string of the molecule is NSc1ccc(CCNC(=O)NCCCc2ccccc2)cc1. The Morgan fingerprint density at radius 3 is 2.22 bits per heavy atom. The van der Waals surface area contributed by atoms with Gasteiger partial charge in [-0.3, -0.25) is 5.14 Å². The summed E-state index contributed by atoms with van der Waals surface area (Å²) in [7, 11) is 0. The van der Waals surface area contributed by atoms with Crippen molar-refractivity contribution in [3.8, 4) is 0 Å². The van der Waals surface area contributed by atoms with Crippen LogP contribution in [0.5, 0.6) is 0 Å². The first-order chi connectivity index (χ1) is 11.3. The van der Waals surface area contributed by atoms with Gasteiger partial charge in [0.2, 0.25) is 0 Å². The number of carbonyl (C=O) groups excluding carboxylic acids is 1. The highest BCUT2D eigenvalue weighted by atomic mass is 32.2. The van der Waals surface area contributed by atoms with Crippen molar-refractivity contribution in [1.82, 2.24) is 10.6 Å². The van der Waals surface area contributed by atoms with E-state index in [0.29, 0.717) is 13.1 Å². The zero-order valence-corrected chi connectivity index (χ0v) is 13.9. The Labute approximate surface area is 142 Å². The first-order valence-corrected chi connectivity index (χ1v) is 8.67. The second-order valence-electron chi connectivity index (χ2n) is 5.28. The minimum Gasteiger partial charge on any atom is -0.338 e.